The molecule has 26 heavy (non-hydrogen) atoms. The molecule has 6 heteroatoms. The van der Waals surface area contributed by atoms with E-state index in [-0.39, 0.29) is 0 Å². The van der Waals surface area contributed by atoms with Crippen molar-refractivity contribution >= 4 is 11.8 Å². The largest absolute Gasteiger partial charge is 0.396 e. The first kappa shape index (κ1) is 19.4. The number of aliphatic hydroxyl groups excluding tert-OH is 1. The van der Waals surface area contributed by atoms with Crippen molar-refractivity contribution in [1.82, 2.24) is 14.9 Å². The number of nitrogens with one attached hydrogen (secondary N) is 1. The minimum Gasteiger partial charge on any atom is -0.396 e. The second-order valence-corrected chi connectivity index (χ2v) is 7.71. The molecule has 146 valence electrons. The molecule has 0 spiro atoms. The van der Waals surface area contributed by atoms with Crippen LogP contribution in [-0.2, 0) is 0 Å². The lowest BCUT2D eigenvalue weighted by Gasteiger charge is -2.33. The van der Waals surface area contributed by atoms with Gasteiger partial charge in [0.25, 0.3) is 0 Å². The average molecular weight is 362 g/mol. The number of hydrogen-bond donors (Lipinski definition) is 2. The fraction of sp³-hybridized carbons (Fsp3) is 0.800. The number of unbranched alkanes of at least 4 members (excludes halogenated alkanes) is 2. The second-order valence-electron chi connectivity index (χ2n) is 7.71. The van der Waals surface area contributed by atoms with Crippen molar-refractivity contribution < 1.29 is 5.11 Å². The number of likely N-dealkylation sites (tertiary alicyclic amines) is 1. The quantitative estimate of drug-likeness (QED) is 0.694. The molecule has 3 heterocycles. The molecule has 0 amide bonds. The van der Waals surface area contributed by atoms with Crippen LogP contribution in [0.1, 0.15) is 57.8 Å². The van der Waals surface area contributed by atoms with Crippen molar-refractivity contribution in [2.24, 2.45) is 0 Å². The fourth-order valence-electron chi connectivity index (χ4n) is 4.08. The number of nitrogens with zero attached hydrogens (tertiary/aromatic N) is 4. The van der Waals surface area contributed by atoms with Crippen molar-refractivity contribution in [3.05, 3.63) is 12.3 Å². The molecule has 0 bridgehead atoms. The summed E-state index contributed by atoms with van der Waals surface area (Å²) in [6.45, 7) is 5.92. The lowest BCUT2D eigenvalue weighted by molar-refractivity contribution is 0.208. The van der Waals surface area contributed by atoms with E-state index in [9.17, 15) is 0 Å². The van der Waals surface area contributed by atoms with Crippen LogP contribution in [0.3, 0.4) is 0 Å². The molecule has 3 rings (SSSR count). The van der Waals surface area contributed by atoms with Gasteiger partial charge in [0.15, 0.2) is 0 Å². The molecule has 1 unspecified atom stereocenters. The normalized spacial score (nSPS) is 22.2. The van der Waals surface area contributed by atoms with Gasteiger partial charge in [0.1, 0.15) is 5.82 Å². The minimum absolute atomic E-state index is 0.314. The van der Waals surface area contributed by atoms with Crippen LogP contribution in [0.4, 0.5) is 11.8 Å². The summed E-state index contributed by atoms with van der Waals surface area (Å²) < 4.78 is 0. The number of aromatic nitrogens is 2. The van der Waals surface area contributed by atoms with Crippen molar-refractivity contribution in [3.63, 3.8) is 0 Å². The van der Waals surface area contributed by atoms with Gasteiger partial charge in [0.05, 0.1) is 0 Å². The van der Waals surface area contributed by atoms with E-state index >= 15 is 0 Å². The van der Waals surface area contributed by atoms with E-state index in [0.29, 0.717) is 12.6 Å². The van der Waals surface area contributed by atoms with Crippen molar-refractivity contribution in [2.45, 2.75) is 63.8 Å². The Hall–Kier alpha value is -1.40. The third-order valence-corrected chi connectivity index (χ3v) is 5.54. The summed E-state index contributed by atoms with van der Waals surface area (Å²) in [5.41, 5.74) is 0. The Bertz CT molecular complexity index is 519. The highest BCUT2D eigenvalue weighted by molar-refractivity contribution is 5.43. The van der Waals surface area contributed by atoms with Crippen molar-refractivity contribution in [2.75, 3.05) is 49.5 Å². The van der Waals surface area contributed by atoms with Gasteiger partial charge in [-0.1, -0.05) is 12.8 Å². The summed E-state index contributed by atoms with van der Waals surface area (Å²) in [5.74, 6) is 1.85. The number of hydrogen-bond acceptors (Lipinski definition) is 6. The Morgan fingerprint density at radius 3 is 2.69 bits per heavy atom. The molecule has 1 aromatic rings. The molecule has 1 aromatic heterocycles. The van der Waals surface area contributed by atoms with Gasteiger partial charge < -0.3 is 20.2 Å². The zero-order valence-electron chi connectivity index (χ0n) is 16.1. The van der Waals surface area contributed by atoms with Crippen LogP contribution in [0, 0.1) is 0 Å². The zero-order chi connectivity index (χ0) is 18.0. The molecule has 2 aliphatic rings. The maximum atomic E-state index is 8.90. The maximum absolute atomic E-state index is 8.90. The number of piperidine rings is 1. The van der Waals surface area contributed by atoms with Crippen LogP contribution in [0.2, 0.25) is 0 Å². The Morgan fingerprint density at radius 2 is 1.88 bits per heavy atom. The number of anilines is 2. The van der Waals surface area contributed by atoms with E-state index in [2.05, 4.69) is 20.1 Å². The second kappa shape index (κ2) is 10.7. The molecule has 0 radical (unpaired) electrons. The van der Waals surface area contributed by atoms with Gasteiger partial charge in [-0.05, 0) is 64.1 Å². The van der Waals surface area contributed by atoms with Gasteiger partial charge in [-0.25, -0.2) is 4.98 Å². The highest BCUT2D eigenvalue weighted by Gasteiger charge is 2.20. The standard InChI is InChI=1S/C20H35N5O/c26-16-7-3-4-12-24-13-8-9-18(17-24)22-20-21-11-10-19(23-20)25-14-5-1-2-6-15-25/h10-11,18,26H,1-9,12-17H2,(H,21,22,23). The van der Waals surface area contributed by atoms with E-state index in [1.54, 1.807) is 0 Å². The molecule has 1 atom stereocenters. The predicted molar refractivity (Wildman–Crippen MR) is 107 cm³/mol. The lowest BCUT2D eigenvalue weighted by atomic mass is 10.1. The smallest absolute Gasteiger partial charge is 0.224 e. The SMILES string of the molecule is OCCCCCN1CCCC(Nc2nccc(N3CCCCCC3)n2)C1. The fourth-order valence-corrected chi connectivity index (χ4v) is 4.08. The zero-order valence-corrected chi connectivity index (χ0v) is 16.1. The number of aliphatic hydroxyl groups is 1. The highest BCUT2D eigenvalue weighted by Crippen LogP contribution is 2.19. The molecule has 0 saturated carbocycles. The maximum Gasteiger partial charge on any atom is 0.224 e. The van der Waals surface area contributed by atoms with E-state index in [1.165, 1.54) is 51.5 Å². The van der Waals surface area contributed by atoms with E-state index < -0.39 is 0 Å². The third-order valence-electron chi connectivity index (χ3n) is 5.54. The molecular formula is C20H35N5O. The first-order valence-electron chi connectivity index (χ1n) is 10.5. The molecule has 2 saturated heterocycles. The van der Waals surface area contributed by atoms with Gasteiger partial charge in [0, 0.05) is 38.5 Å². The van der Waals surface area contributed by atoms with Gasteiger partial charge >= 0.3 is 0 Å². The highest BCUT2D eigenvalue weighted by atomic mass is 16.2. The van der Waals surface area contributed by atoms with E-state index in [1.807, 2.05) is 12.3 Å². The monoisotopic (exact) mass is 361 g/mol. The number of rotatable bonds is 8. The summed E-state index contributed by atoms with van der Waals surface area (Å²) >= 11 is 0. The first-order valence-corrected chi connectivity index (χ1v) is 10.5. The first-order chi connectivity index (χ1) is 12.8. The Morgan fingerprint density at radius 1 is 1.04 bits per heavy atom. The minimum atomic E-state index is 0.314. The van der Waals surface area contributed by atoms with Crippen molar-refractivity contribution in [3.8, 4) is 0 Å². The summed E-state index contributed by atoms with van der Waals surface area (Å²) in [5, 5.41) is 12.5. The summed E-state index contributed by atoms with van der Waals surface area (Å²) in [4.78, 5) is 14.2. The van der Waals surface area contributed by atoms with Crippen LogP contribution < -0.4 is 10.2 Å². The van der Waals surface area contributed by atoms with Gasteiger partial charge in [-0.2, -0.15) is 4.98 Å². The van der Waals surface area contributed by atoms with Crippen LogP contribution in [0.5, 0.6) is 0 Å². The summed E-state index contributed by atoms with van der Waals surface area (Å²) in [6.07, 6.45) is 12.7. The summed E-state index contributed by atoms with van der Waals surface area (Å²) in [6, 6.07) is 2.48. The van der Waals surface area contributed by atoms with Gasteiger partial charge in [0.2, 0.25) is 5.95 Å². The third kappa shape index (κ3) is 6.09. The molecule has 0 aromatic carbocycles. The lowest BCUT2D eigenvalue weighted by Crippen LogP contribution is -2.42. The van der Waals surface area contributed by atoms with E-state index in [0.717, 1.165) is 50.8 Å². The molecule has 2 aliphatic heterocycles. The average Bonchev–Trinajstić information content (AvgIpc) is 2.95. The van der Waals surface area contributed by atoms with Gasteiger partial charge in [-0.3, -0.25) is 0 Å². The van der Waals surface area contributed by atoms with Gasteiger partial charge in [-0.15, -0.1) is 0 Å². The predicted octanol–water partition coefficient (Wildman–Crippen LogP) is 2.90. The molecule has 0 aliphatic carbocycles. The summed E-state index contributed by atoms with van der Waals surface area (Å²) in [7, 11) is 0. The molecule has 2 fully saturated rings. The Kier molecular flexibility index (Phi) is 7.95. The van der Waals surface area contributed by atoms with Crippen LogP contribution >= 0.6 is 0 Å². The Balaban J connectivity index is 1.50. The van der Waals surface area contributed by atoms with E-state index in [4.69, 9.17) is 10.1 Å². The molecule has 2 N–H and O–H groups in total. The Labute approximate surface area is 158 Å². The van der Waals surface area contributed by atoms with Crippen LogP contribution in [-0.4, -0.2) is 65.3 Å². The molecular weight excluding hydrogens is 326 g/mol. The van der Waals surface area contributed by atoms with Crippen LogP contribution in [0.15, 0.2) is 12.3 Å². The topological polar surface area (TPSA) is 64.5 Å². The van der Waals surface area contributed by atoms with Crippen molar-refractivity contribution in [1.29, 1.82) is 0 Å². The van der Waals surface area contributed by atoms with Crippen LogP contribution in [0.25, 0.3) is 0 Å². The molecule has 6 nitrogen and oxygen atoms in total.